The van der Waals surface area contributed by atoms with Crippen LogP contribution in [0.25, 0.3) is 0 Å². The van der Waals surface area contributed by atoms with Crippen molar-refractivity contribution in [3.05, 3.63) is 123 Å². The topological polar surface area (TPSA) is 172 Å². The van der Waals surface area contributed by atoms with Crippen molar-refractivity contribution in [2.45, 2.75) is 69.6 Å². The second-order valence-corrected chi connectivity index (χ2v) is 17.1. The first-order valence-electron chi connectivity index (χ1n) is 20.8. The summed E-state index contributed by atoms with van der Waals surface area (Å²) in [4.78, 5) is 72.3. The molecule has 9 rings (SSSR count). The second kappa shape index (κ2) is 17.5. The molecule has 3 aromatic heterocycles. The zero-order valence-electron chi connectivity index (χ0n) is 33.8. The third kappa shape index (κ3) is 8.52. The van der Waals surface area contributed by atoms with Crippen molar-refractivity contribution in [2.24, 2.45) is 0 Å². The molecule has 4 aliphatic heterocycles. The quantitative estimate of drug-likeness (QED) is 0.138. The van der Waals surface area contributed by atoms with Crippen LogP contribution in [0.5, 0.6) is 0 Å². The molecule has 2 aromatic carbocycles. The summed E-state index contributed by atoms with van der Waals surface area (Å²) in [7, 11) is 0. The van der Waals surface area contributed by atoms with E-state index in [9.17, 15) is 23.6 Å². The van der Waals surface area contributed by atoms with E-state index in [0.29, 0.717) is 79.6 Å². The number of anilines is 2. The molecular weight excluding hydrogens is 815 g/mol. The van der Waals surface area contributed by atoms with Gasteiger partial charge in [0.1, 0.15) is 17.3 Å². The third-order valence-electron chi connectivity index (χ3n) is 12.2. The Morgan fingerprint density at radius 1 is 0.919 bits per heavy atom. The minimum atomic E-state index is -1.09. The highest BCUT2D eigenvalue weighted by Crippen LogP contribution is 2.37. The Balaban J connectivity index is 0.778. The maximum absolute atomic E-state index is 15.7. The number of likely N-dealkylation sites (tertiary alicyclic amines) is 2. The van der Waals surface area contributed by atoms with Gasteiger partial charge in [-0.3, -0.25) is 29.4 Å². The zero-order valence-corrected chi connectivity index (χ0v) is 34.6. The predicted octanol–water partition coefficient (Wildman–Crippen LogP) is 4.88. The molecule has 1 atom stereocenters. The SMILES string of the molecule is Nc1ccc(C2CCN(CC(=O)N3CCC(NC(=O)c4ccc(C#Cc5cc(F)c6c(c5)C(=O)N(C(C(=O)Nc5nccs5)c5ncn7c5CCC7)C6)cn4)CC3)CC2)c(F)c1. The number of nitrogen functional groups attached to an aromatic ring is 1. The molecule has 14 nitrogen and oxygen atoms in total. The van der Waals surface area contributed by atoms with Crippen LogP contribution in [0.1, 0.15) is 98.6 Å². The number of amides is 4. The molecule has 2 fully saturated rings. The highest BCUT2D eigenvalue weighted by molar-refractivity contribution is 7.13. The van der Waals surface area contributed by atoms with E-state index in [1.165, 1.54) is 40.6 Å². The molecule has 7 heterocycles. The number of fused-ring (bicyclic) bond motifs is 2. The van der Waals surface area contributed by atoms with Crippen molar-refractivity contribution in [1.29, 1.82) is 0 Å². The van der Waals surface area contributed by atoms with E-state index >= 15 is 4.39 Å². The lowest BCUT2D eigenvalue weighted by Gasteiger charge is -2.36. The van der Waals surface area contributed by atoms with Gasteiger partial charge in [0.15, 0.2) is 11.2 Å². The number of piperidine rings is 2. The minimum Gasteiger partial charge on any atom is -0.399 e. The highest BCUT2D eigenvalue weighted by atomic mass is 32.1. The molecule has 4 aliphatic rings. The Morgan fingerprint density at radius 3 is 2.47 bits per heavy atom. The minimum absolute atomic E-state index is 0.0516. The monoisotopic (exact) mass is 858 g/mol. The van der Waals surface area contributed by atoms with Crippen LogP contribution < -0.4 is 16.4 Å². The predicted molar refractivity (Wildman–Crippen MR) is 227 cm³/mol. The fourth-order valence-corrected chi connectivity index (χ4v) is 9.45. The average molecular weight is 859 g/mol. The number of carbonyl (C=O) groups is 4. The van der Waals surface area contributed by atoms with Crippen molar-refractivity contribution in [2.75, 3.05) is 43.8 Å². The number of hydrogen-bond donors (Lipinski definition) is 3. The lowest BCUT2D eigenvalue weighted by Crippen LogP contribution is -2.49. The van der Waals surface area contributed by atoms with Crippen LogP contribution in [0, 0.1) is 23.5 Å². The van der Waals surface area contributed by atoms with Gasteiger partial charge in [-0.2, -0.15) is 0 Å². The Labute approximate surface area is 360 Å². The fraction of sp³-hybridized carbons (Fsp3) is 0.356. The van der Waals surface area contributed by atoms with E-state index in [0.717, 1.165) is 31.5 Å². The second-order valence-electron chi connectivity index (χ2n) is 16.2. The van der Waals surface area contributed by atoms with Gasteiger partial charge in [0.05, 0.1) is 25.1 Å². The first-order valence-corrected chi connectivity index (χ1v) is 21.7. The molecule has 5 aromatic rings. The maximum atomic E-state index is 15.7. The van der Waals surface area contributed by atoms with Gasteiger partial charge in [-0.15, -0.1) is 11.3 Å². The molecule has 4 N–H and O–H groups in total. The molecule has 0 spiro atoms. The molecule has 0 radical (unpaired) electrons. The summed E-state index contributed by atoms with van der Waals surface area (Å²) in [5.74, 6) is 3.83. The smallest absolute Gasteiger partial charge is 0.270 e. The maximum Gasteiger partial charge on any atom is 0.270 e. The number of nitrogens with one attached hydrogen (secondary N) is 2. The van der Waals surface area contributed by atoms with Gasteiger partial charge in [0.25, 0.3) is 17.7 Å². The normalized spacial score (nSPS) is 17.3. The van der Waals surface area contributed by atoms with Crippen LogP contribution in [0.3, 0.4) is 0 Å². The van der Waals surface area contributed by atoms with Crippen LogP contribution in [0.15, 0.2) is 66.6 Å². The van der Waals surface area contributed by atoms with Gasteiger partial charge in [-0.05, 0) is 99.5 Å². The summed E-state index contributed by atoms with van der Waals surface area (Å²) >= 11 is 1.25. The van der Waals surface area contributed by atoms with Crippen LogP contribution in [0.2, 0.25) is 0 Å². The molecule has 62 heavy (non-hydrogen) atoms. The van der Waals surface area contributed by atoms with Crippen molar-refractivity contribution in [3.63, 3.8) is 0 Å². The van der Waals surface area contributed by atoms with Crippen molar-refractivity contribution in [1.82, 2.24) is 39.5 Å². The van der Waals surface area contributed by atoms with E-state index in [2.05, 4.69) is 42.3 Å². The summed E-state index contributed by atoms with van der Waals surface area (Å²) in [5, 5.41) is 7.95. The number of nitrogens with zero attached hydrogens (tertiary/aromatic N) is 7. The van der Waals surface area contributed by atoms with E-state index in [-0.39, 0.29) is 58.5 Å². The number of pyridine rings is 1. The van der Waals surface area contributed by atoms with E-state index in [1.54, 1.807) is 42.2 Å². The van der Waals surface area contributed by atoms with Crippen molar-refractivity contribution >= 4 is 45.8 Å². The largest absolute Gasteiger partial charge is 0.399 e. The molecule has 2 saturated heterocycles. The molecule has 318 valence electrons. The number of rotatable bonds is 9. The molecule has 4 amide bonds. The van der Waals surface area contributed by atoms with Crippen LogP contribution in [0.4, 0.5) is 19.6 Å². The van der Waals surface area contributed by atoms with Gasteiger partial charge >= 0.3 is 0 Å². The fourth-order valence-electron chi connectivity index (χ4n) is 8.92. The standard InChI is InChI=1S/C45H44F2N10O4S/c46-35-21-28(20-33-34(35)24-57(44(33)61)41(43(60)53-45-49-13-19-62-45)40-38-2-1-14-56(38)26-51-40)4-3-27-5-8-37(50-23-27)42(59)52-31-11-17-55(18-12-31)39(58)25-54-15-9-29(10-16-54)32-7-6-30(48)22-36(32)47/h5-8,13,19-23,26,29,31,41H,1-2,9-12,14-18,24-25,48H2,(H,52,59)(H,49,53,60). The van der Waals surface area contributed by atoms with E-state index in [4.69, 9.17) is 5.73 Å². The highest BCUT2D eigenvalue weighted by Gasteiger charge is 2.42. The van der Waals surface area contributed by atoms with Gasteiger partial charge in [0.2, 0.25) is 5.91 Å². The van der Waals surface area contributed by atoms with E-state index < -0.39 is 23.7 Å². The zero-order chi connectivity index (χ0) is 42.9. The number of hydrogen-bond acceptors (Lipinski definition) is 10. The van der Waals surface area contributed by atoms with E-state index in [1.807, 2.05) is 9.47 Å². The number of imidazole rings is 1. The first kappa shape index (κ1) is 40.9. The van der Waals surface area contributed by atoms with Crippen molar-refractivity contribution in [3.8, 4) is 11.8 Å². The number of benzene rings is 2. The molecule has 0 saturated carbocycles. The molecule has 1 unspecified atom stereocenters. The number of aryl methyl sites for hydroxylation is 1. The lowest BCUT2D eigenvalue weighted by atomic mass is 9.89. The molecule has 0 bridgehead atoms. The van der Waals surface area contributed by atoms with Crippen LogP contribution in [-0.2, 0) is 29.1 Å². The molecule has 0 aliphatic carbocycles. The van der Waals surface area contributed by atoms with Gasteiger partial charge < -0.3 is 25.4 Å². The Hall–Kier alpha value is -6.51. The van der Waals surface area contributed by atoms with Crippen molar-refractivity contribution < 1.29 is 28.0 Å². The Bertz CT molecular complexity index is 2590. The average Bonchev–Trinajstić information content (AvgIpc) is 4.09. The number of nitrogens with two attached hydrogens (primary N) is 1. The summed E-state index contributed by atoms with van der Waals surface area (Å²) in [6.45, 7) is 3.45. The summed E-state index contributed by atoms with van der Waals surface area (Å²) < 4.78 is 32.1. The van der Waals surface area contributed by atoms with Crippen LogP contribution in [-0.4, -0.2) is 96.6 Å². The van der Waals surface area contributed by atoms with Gasteiger partial charge in [-0.25, -0.2) is 23.7 Å². The van der Waals surface area contributed by atoms with Crippen LogP contribution >= 0.6 is 11.3 Å². The summed E-state index contributed by atoms with van der Waals surface area (Å²) in [5.41, 5.74) is 9.41. The summed E-state index contributed by atoms with van der Waals surface area (Å²) in [6.07, 6.45) is 9.09. The number of aromatic nitrogens is 4. The number of halogens is 2. The van der Waals surface area contributed by atoms with Gasteiger partial charge in [0, 0.05) is 77.1 Å². The third-order valence-corrected chi connectivity index (χ3v) is 12.9. The molecule has 17 heteroatoms. The number of carbonyl (C=O) groups excluding carboxylic acids is 4. The number of thiazole rings is 1. The lowest BCUT2D eigenvalue weighted by molar-refractivity contribution is -0.133. The Morgan fingerprint density at radius 2 is 1.73 bits per heavy atom. The first-order chi connectivity index (χ1) is 30.1. The molecular formula is C45H44F2N10O4S. The van der Waals surface area contributed by atoms with Gasteiger partial charge in [-0.1, -0.05) is 17.9 Å². The Kier molecular flexibility index (Phi) is 11.5. The summed E-state index contributed by atoms with van der Waals surface area (Å²) in [6, 6.07) is 9.66.